The minimum atomic E-state index is -4.50. The van der Waals surface area contributed by atoms with Gasteiger partial charge in [-0.25, -0.2) is 4.68 Å². The number of hydrogen-bond acceptors (Lipinski definition) is 3. The molecule has 30 heavy (non-hydrogen) atoms. The molecule has 2 atom stereocenters. The first-order valence-corrected chi connectivity index (χ1v) is 9.65. The standard InChI is InChI=1S/C21H18ClF3N4O/c1-12-2-4-13(5-3-12)16-10-18(21(23,24)25)29-19(27-16)11-17(28-29)20(30)26-15-8-6-14(22)7-9-15/h2-9,11,16,18,27H,10H2,1H3,(H,26,30)/t16-,18-/m0/s1. The highest BCUT2D eigenvalue weighted by Crippen LogP contribution is 2.43. The summed E-state index contributed by atoms with van der Waals surface area (Å²) in [5.41, 5.74) is 2.13. The van der Waals surface area contributed by atoms with E-state index in [1.165, 1.54) is 6.07 Å². The molecule has 1 aromatic heterocycles. The van der Waals surface area contributed by atoms with Gasteiger partial charge in [-0.2, -0.15) is 18.3 Å². The average Bonchev–Trinajstić information content (AvgIpc) is 3.13. The highest BCUT2D eigenvalue weighted by molar-refractivity contribution is 6.30. The number of aryl methyl sites for hydroxylation is 1. The van der Waals surface area contributed by atoms with Crippen LogP contribution in [0.5, 0.6) is 0 Å². The Morgan fingerprint density at radius 2 is 1.83 bits per heavy atom. The number of alkyl halides is 3. The third kappa shape index (κ3) is 4.14. The van der Waals surface area contributed by atoms with Crippen LogP contribution in [0.25, 0.3) is 0 Å². The molecular weight excluding hydrogens is 417 g/mol. The molecule has 0 spiro atoms. The molecule has 0 radical (unpaired) electrons. The van der Waals surface area contributed by atoms with Crippen LogP contribution in [0.4, 0.5) is 24.7 Å². The van der Waals surface area contributed by atoms with Gasteiger partial charge in [0.1, 0.15) is 5.82 Å². The Balaban J connectivity index is 1.63. The van der Waals surface area contributed by atoms with Crippen molar-refractivity contribution in [2.75, 3.05) is 10.6 Å². The maximum Gasteiger partial charge on any atom is 0.410 e. The van der Waals surface area contributed by atoms with Gasteiger partial charge in [-0.15, -0.1) is 0 Å². The fourth-order valence-corrected chi connectivity index (χ4v) is 3.56. The molecule has 0 aliphatic carbocycles. The molecule has 1 amide bonds. The first-order chi connectivity index (χ1) is 14.2. The van der Waals surface area contributed by atoms with Crippen LogP contribution < -0.4 is 10.6 Å². The maximum absolute atomic E-state index is 13.8. The molecule has 1 aliphatic rings. The number of amides is 1. The monoisotopic (exact) mass is 434 g/mol. The van der Waals surface area contributed by atoms with Gasteiger partial charge in [-0.1, -0.05) is 41.4 Å². The van der Waals surface area contributed by atoms with Crippen molar-refractivity contribution in [3.63, 3.8) is 0 Å². The molecule has 0 unspecified atom stereocenters. The zero-order valence-electron chi connectivity index (χ0n) is 15.9. The molecule has 156 valence electrons. The largest absolute Gasteiger partial charge is 0.410 e. The van der Waals surface area contributed by atoms with Gasteiger partial charge in [-0.05, 0) is 36.8 Å². The Hall–Kier alpha value is -3.00. The number of nitrogens with one attached hydrogen (secondary N) is 2. The van der Waals surface area contributed by atoms with E-state index in [9.17, 15) is 18.0 Å². The third-order valence-electron chi connectivity index (χ3n) is 5.00. The summed E-state index contributed by atoms with van der Waals surface area (Å²) in [4.78, 5) is 12.5. The van der Waals surface area contributed by atoms with Crippen LogP contribution >= 0.6 is 11.6 Å². The number of carbonyl (C=O) groups excluding carboxylic acids is 1. The number of benzene rings is 2. The van der Waals surface area contributed by atoms with Gasteiger partial charge in [0.25, 0.3) is 5.91 Å². The van der Waals surface area contributed by atoms with Gasteiger partial charge in [0.15, 0.2) is 11.7 Å². The Labute approximate surface area is 175 Å². The maximum atomic E-state index is 13.8. The minimum Gasteiger partial charge on any atom is -0.363 e. The SMILES string of the molecule is Cc1ccc([C@@H]2C[C@@H](C(F)(F)F)n3nc(C(=O)Nc4ccc(Cl)cc4)cc3N2)cc1. The molecule has 9 heteroatoms. The van der Waals surface area contributed by atoms with E-state index in [1.807, 2.05) is 19.1 Å². The number of carbonyl (C=O) groups is 1. The number of fused-ring (bicyclic) bond motifs is 1. The lowest BCUT2D eigenvalue weighted by Crippen LogP contribution is -2.35. The van der Waals surface area contributed by atoms with E-state index in [0.717, 1.165) is 15.8 Å². The molecule has 2 heterocycles. The van der Waals surface area contributed by atoms with E-state index in [-0.39, 0.29) is 17.9 Å². The van der Waals surface area contributed by atoms with Crippen molar-refractivity contribution in [2.45, 2.75) is 31.6 Å². The van der Waals surface area contributed by atoms with Gasteiger partial charge in [0.05, 0.1) is 6.04 Å². The first-order valence-electron chi connectivity index (χ1n) is 9.27. The Kier molecular flexibility index (Phi) is 5.19. The summed E-state index contributed by atoms with van der Waals surface area (Å²) in [6.07, 6.45) is -4.73. The third-order valence-corrected chi connectivity index (χ3v) is 5.26. The highest BCUT2D eigenvalue weighted by Gasteiger charge is 2.46. The lowest BCUT2D eigenvalue weighted by atomic mass is 9.96. The molecule has 5 nitrogen and oxygen atoms in total. The van der Waals surface area contributed by atoms with Crippen LogP contribution in [-0.4, -0.2) is 21.9 Å². The number of hydrogen-bond donors (Lipinski definition) is 2. The smallest absolute Gasteiger partial charge is 0.363 e. The van der Waals surface area contributed by atoms with Crippen LogP contribution in [0, 0.1) is 6.92 Å². The van der Waals surface area contributed by atoms with Gasteiger partial charge >= 0.3 is 6.18 Å². The first kappa shape index (κ1) is 20.3. The van der Waals surface area contributed by atoms with E-state index in [2.05, 4.69) is 15.7 Å². The predicted octanol–water partition coefficient (Wildman–Crippen LogP) is 5.76. The van der Waals surface area contributed by atoms with Crippen molar-refractivity contribution in [1.82, 2.24) is 9.78 Å². The number of nitrogens with zero attached hydrogens (tertiary/aromatic N) is 2. The highest BCUT2D eigenvalue weighted by atomic mass is 35.5. The zero-order valence-corrected chi connectivity index (χ0v) is 16.6. The Bertz CT molecular complexity index is 1060. The summed E-state index contributed by atoms with van der Waals surface area (Å²) in [6.45, 7) is 1.91. The second-order valence-corrected chi connectivity index (χ2v) is 7.66. The normalized spacial score (nSPS) is 18.4. The topological polar surface area (TPSA) is 59.0 Å². The lowest BCUT2D eigenvalue weighted by Gasteiger charge is -2.33. The van der Waals surface area contributed by atoms with Crippen LogP contribution in [-0.2, 0) is 0 Å². The zero-order chi connectivity index (χ0) is 21.5. The quantitative estimate of drug-likeness (QED) is 0.551. The molecule has 1 aliphatic heterocycles. The average molecular weight is 435 g/mol. The van der Waals surface area contributed by atoms with Crippen LogP contribution in [0.2, 0.25) is 5.02 Å². The van der Waals surface area contributed by atoms with Gasteiger partial charge in [-0.3, -0.25) is 4.79 Å². The van der Waals surface area contributed by atoms with Crippen molar-refractivity contribution in [3.8, 4) is 0 Å². The van der Waals surface area contributed by atoms with Crippen molar-refractivity contribution < 1.29 is 18.0 Å². The Morgan fingerprint density at radius 3 is 2.47 bits per heavy atom. The Morgan fingerprint density at radius 1 is 1.17 bits per heavy atom. The van der Waals surface area contributed by atoms with Gasteiger partial charge in [0.2, 0.25) is 0 Å². The van der Waals surface area contributed by atoms with Crippen molar-refractivity contribution >= 4 is 29.0 Å². The van der Waals surface area contributed by atoms with Crippen molar-refractivity contribution in [1.29, 1.82) is 0 Å². The summed E-state index contributed by atoms with van der Waals surface area (Å²) in [5.74, 6) is -0.454. The summed E-state index contributed by atoms with van der Waals surface area (Å²) in [6, 6.07) is 12.7. The van der Waals surface area contributed by atoms with E-state index < -0.39 is 24.2 Å². The summed E-state index contributed by atoms with van der Waals surface area (Å²) < 4.78 is 42.1. The predicted molar refractivity (Wildman–Crippen MR) is 109 cm³/mol. The number of aromatic nitrogens is 2. The van der Waals surface area contributed by atoms with Gasteiger partial charge in [0, 0.05) is 23.2 Å². The van der Waals surface area contributed by atoms with E-state index in [1.54, 1.807) is 36.4 Å². The summed E-state index contributed by atoms with van der Waals surface area (Å²) in [7, 11) is 0. The number of anilines is 2. The number of halogens is 4. The molecule has 4 rings (SSSR count). The molecule has 0 saturated heterocycles. The second kappa shape index (κ2) is 7.68. The fraction of sp³-hybridized carbons (Fsp3) is 0.238. The fourth-order valence-electron chi connectivity index (χ4n) is 3.43. The molecule has 3 aromatic rings. The minimum absolute atomic E-state index is 0.105. The summed E-state index contributed by atoms with van der Waals surface area (Å²) in [5, 5.41) is 10.2. The summed E-state index contributed by atoms with van der Waals surface area (Å²) >= 11 is 5.82. The van der Waals surface area contributed by atoms with Crippen molar-refractivity contribution in [2.24, 2.45) is 0 Å². The molecule has 0 saturated carbocycles. The van der Waals surface area contributed by atoms with E-state index >= 15 is 0 Å². The van der Waals surface area contributed by atoms with Crippen molar-refractivity contribution in [3.05, 3.63) is 76.4 Å². The lowest BCUT2D eigenvalue weighted by molar-refractivity contribution is -0.173. The van der Waals surface area contributed by atoms with Gasteiger partial charge < -0.3 is 10.6 Å². The molecular formula is C21H18ClF3N4O. The molecule has 0 fully saturated rings. The molecule has 0 bridgehead atoms. The van der Waals surface area contributed by atoms with Crippen LogP contribution in [0.3, 0.4) is 0 Å². The molecule has 2 aromatic carbocycles. The second-order valence-electron chi connectivity index (χ2n) is 7.22. The van der Waals surface area contributed by atoms with E-state index in [0.29, 0.717) is 10.7 Å². The van der Waals surface area contributed by atoms with E-state index in [4.69, 9.17) is 11.6 Å². The van der Waals surface area contributed by atoms with Crippen LogP contribution in [0.1, 0.15) is 40.1 Å². The number of rotatable bonds is 3. The molecule has 2 N–H and O–H groups in total. The van der Waals surface area contributed by atoms with Crippen LogP contribution in [0.15, 0.2) is 54.6 Å².